The summed E-state index contributed by atoms with van der Waals surface area (Å²) in [5, 5.41) is 0.684. The van der Waals surface area contributed by atoms with Gasteiger partial charge in [0.1, 0.15) is 0 Å². The third kappa shape index (κ3) is 3.34. The van der Waals surface area contributed by atoms with Crippen molar-refractivity contribution in [1.29, 1.82) is 0 Å². The van der Waals surface area contributed by atoms with Crippen LogP contribution in [-0.4, -0.2) is 21.9 Å². The maximum absolute atomic E-state index is 10.9. The maximum atomic E-state index is 10.9. The first-order valence-corrected chi connectivity index (χ1v) is 5.77. The van der Waals surface area contributed by atoms with Gasteiger partial charge < -0.3 is 0 Å². The minimum Gasteiger partial charge on any atom is -0.282 e. The van der Waals surface area contributed by atoms with Crippen LogP contribution in [0.1, 0.15) is 12.8 Å². The number of thioether (sulfide) groups is 2. The van der Waals surface area contributed by atoms with Crippen LogP contribution in [0.2, 0.25) is 0 Å². The maximum Gasteiger partial charge on any atom is 0.211 e. The standard InChI is InChI=1S/C8H12OS2/c1-2-8(9)11-7-3-5-10-6-4-7/h2,7H,1,3-6H2. The van der Waals surface area contributed by atoms with Crippen LogP contribution in [0.25, 0.3) is 0 Å². The lowest BCUT2D eigenvalue weighted by Gasteiger charge is -2.18. The highest BCUT2D eigenvalue weighted by Gasteiger charge is 2.15. The van der Waals surface area contributed by atoms with E-state index >= 15 is 0 Å². The van der Waals surface area contributed by atoms with Crippen LogP contribution < -0.4 is 0 Å². The Kier molecular flexibility index (Phi) is 4.08. The summed E-state index contributed by atoms with van der Waals surface area (Å²) in [4.78, 5) is 10.9. The summed E-state index contributed by atoms with van der Waals surface area (Å²) in [6.07, 6.45) is 3.76. The van der Waals surface area contributed by atoms with Crippen molar-refractivity contribution in [2.24, 2.45) is 0 Å². The molecule has 0 N–H and O–H groups in total. The second kappa shape index (κ2) is 4.88. The predicted octanol–water partition coefficient (Wildman–Crippen LogP) is 2.33. The lowest BCUT2D eigenvalue weighted by Crippen LogP contribution is -2.13. The summed E-state index contributed by atoms with van der Waals surface area (Å²) in [5.74, 6) is 2.42. The van der Waals surface area contributed by atoms with Crippen LogP contribution >= 0.6 is 23.5 Å². The topological polar surface area (TPSA) is 17.1 Å². The monoisotopic (exact) mass is 188 g/mol. The molecule has 3 heteroatoms. The molecule has 0 saturated carbocycles. The van der Waals surface area contributed by atoms with Crippen LogP contribution in [0.3, 0.4) is 0 Å². The number of rotatable bonds is 2. The smallest absolute Gasteiger partial charge is 0.211 e. The molecule has 1 rings (SSSR count). The lowest BCUT2D eigenvalue weighted by molar-refractivity contribution is -0.107. The van der Waals surface area contributed by atoms with Crippen LogP contribution in [0.4, 0.5) is 0 Å². The molecular formula is C8H12OS2. The minimum absolute atomic E-state index is 0.127. The zero-order valence-corrected chi connectivity index (χ0v) is 8.05. The summed E-state index contributed by atoms with van der Waals surface area (Å²) in [6.45, 7) is 3.45. The van der Waals surface area contributed by atoms with Crippen molar-refractivity contribution in [3.63, 3.8) is 0 Å². The van der Waals surface area contributed by atoms with Gasteiger partial charge in [-0.15, -0.1) is 0 Å². The molecule has 1 fully saturated rings. The first-order valence-electron chi connectivity index (χ1n) is 3.73. The van der Waals surface area contributed by atoms with Crippen molar-refractivity contribution < 1.29 is 4.79 Å². The van der Waals surface area contributed by atoms with Crippen LogP contribution in [-0.2, 0) is 4.79 Å². The second-order valence-corrected chi connectivity index (χ2v) is 4.98. The van der Waals surface area contributed by atoms with E-state index in [0.29, 0.717) is 5.25 Å². The van der Waals surface area contributed by atoms with E-state index in [-0.39, 0.29) is 5.12 Å². The predicted molar refractivity (Wildman–Crippen MR) is 53.1 cm³/mol. The molecule has 1 aliphatic rings. The molecule has 0 aliphatic carbocycles. The molecular weight excluding hydrogens is 176 g/mol. The van der Waals surface area contributed by atoms with Gasteiger partial charge in [-0.2, -0.15) is 11.8 Å². The average Bonchev–Trinajstić information content (AvgIpc) is 2.06. The highest BCUT2D eigenvalue weighted by atomic mass is 32.2. The Bertz CT molecular complexity index is 150. The van der Waals surface area contributed by atoms with Gasteiger partial charge in [-0.1, -0.05) is 18.3 Å². The van der Waals surface area contributed by atoms with Crippen molar-refractivity contribution in [1.82, 2.24) is 0 Å². The molecule has 62 valence electrons. The van der Waals surface area contributed by atoms with E-state index in [1.54, 1.807) is 0 Å². The molecule has 11 heavy (non-hydrogen) atoms. The Labute approximate surface area is 76.0 Å². The molecule has 0 bridgehead atoms. The van der Waals surface area contributed by atoms with Gasteiger partial charge in [0.25, 0.3) is 0 Å². The van der Waals surface area contributed by atoms with E-state index in [1.807, 2.05) is 11.8 Å². The fraction of sp³-hybridized carbons (Fsp3) is 0.625. The highest BCUT2D eigenvalue weighted by Crippen LogP contribution is 2.27. The van der Waals surface area contributed by atoms with E-state index in [9.17, 15) is 4.79 Å². The lowest BCUT2D eigenvalue weighted by atomic mass is 10.2. The van der Waals surface area contributed by atoms with Gasteiger partial charge in [-0.25, -0.2) is 0 Å². The molecule has 0 spiro atoms. The second-order valence-electron chi connectivity index (χ2n) is 2.45. The Morgan fingerprint density at radius 1 is 1.55 bits per heavy atom. The van der Waals surface area contributed by atoms with E-state index in [1.165, 1.54) is 42.2 Å². The molecule has 1 heterocycles. The molecule has 1 nitrogen and oxygen atoms in total. The molecule has 1 saturated heterocycles. The first-order chi connectivity index (χ1) is 5.33. The Morgan fingerprint density at radius 2 is 2.18 bits per heavy atom. The molecule has 0 atom stereocenters. The Morgan fingerprint density at radius 3 is 2.73 bits per heavy atom. The fourth-order valence-electron chi connectivity index (χ4n) is 1.01. The van der Waals surface area contributed by atoms with Crippen molar-refractivity contribution in [3.05, 3.63) is 12.7 Å². The van der Waals surface area contributed by atoms with E-state index in [4.69, 9.17) is 0 Å². The summed E-state index contributed by atoms with van der Waals surface area (Å²) in [5.41, 5.74) is 0. The van der Waals surface area contributed by atoms with Gasteiger partial charge >= 0.3 is 0 Å². The summed E-state index contributed by atoms with van der Waals surface area (Å²) in [6, 6.07) is 0. The molecule has 1 aliphatic heterocycles. The molecule has 0 aromatic rings. The van der Waals surface area contributed by atoms with Gasteiger partial charge in [0.2, 0.25) is 5.12 Å². The van der Waals surface area contributed by atoms with Gasteiger partial charge in [0.15, 0.2) is 0 Å². The van der Waals surface area contributed by atoms with Crippen molar-refractivity contribution in [2.75, 3.05) is 11.5 Å². The largest absolute Gasteiger partial charge is 0.282 e. The molecule has 0 radical (unpaired) electrons. The van der Waals surface area contributed by atoms with Gasteiger partial charge in [0.05, 0.1) is 0 Å². The quantitative estimate of drug-likeness (QED) is 0.619. The number of hydrogen-bond donors (Lipinski definition) is 0. The van der Waals surface area contributed by atoms with Crippen molar-refractivity contribution in [2.45, 2.75) is 18.1 Å². The first kappa shape index (κ1) is 9.20. The minimum atomic E-state index is 0.127. The normalized spacial score (nSPS) is 19.6. The number of carbonyl (C=O) groups is 1. The molecule has 0 amide bonds. The zero-order chi connectivity index (χ0) is 8.10. The molecule has 0 unspecified atom stereocenters. The summed E-state index contributed by atoms with van der Waals surface area (Å²) >= 11 is 3.43. The fourth-order valence-corrected chi connectivity index (χ4v) is 3.31. The summed E-state index contributed by atoms with van der Waals surface area (Å²) in [7, 11) is 0. The van der Waals surface area contributed by atoms with Crippen LogP contribution in [0.5, 0.6) is 0 Å². The van der Waals surface area contributed by atoms with Crippen LogP contribution in [0, 0.1) is 0 Å². The van der Waals surface area contributed by atoms with E-state index in [0.717, 1.165) is 0 Å². The van der Waals surface area contributed by atoms with E-state index < -0.39 is 0 Å². The van der Waals surface area contributed by atoms with Gasteiger partial charge in [0, 0.05) is 5.25 Å². The van der Waals surface area contributed by atoms with Crippen LogP contribution in [0.15, 0.2) is 12.7 Å². The average molecular weight is 188 g/mol. The zero-order valence-electron chi connectivity index (χ0n) is 6.41. The van der Waals surface area contributed by atoms with Gasteiger partial charge in [-0.05, 0) is 30.4 Å². The Balaban J connectivity index is 2.24. The Hall–Kier alpha value is 0.110. The molecule has 0 aromatic heterocycles. The van der Waals surface area contributed by atoms with Gasteiger partial charge in [-0.3, -0.25) is 4.79 Å². The summed E-state index contributed by atoms with van der Waals surface area (Å²) < 4.78 is 0. The molecule has 0 aromatic carbocycles. The SMILES string of the molecule is C=CC(=O)SC1CCSCC1. The number of carbonyl (C=O) groups excluding carboxylic acids is 1. The highest BCUT2D eigenvalue weighted by molar-refractivity contribution is 8.14. The van der Waals surface area contributed by atoms with Crippen molar-refractivity contribution >= 4 is 28.6 Å². The van der Waals surface area contributed by atoms with E-state index in [2.05, 4.69) is 6.58 Å². The van der Waals surface area contributed by atoms with Crippen molar-refractivity contribution in [3.8, 4) is 0 Å². The number of hydrogen-bond acceptors (Lipinski definition) is 3. The third-order valence-corrected chi connectivity index (χ3v) is 3.87. The third-order valence-electron chi connectivity index (χ3n) is 1.62.